The monoisotopic (exact) mass is 608 g/mol. The zero-order chi connectivity index (χ0) is 30.8. The van der Waals surface area contributed by atoms with Crippen molar-refractivity contribution in [3.63, 3.8) is 0 Å². The second kappa shape index (κ2) is 10.4. The third-order valence-electron chi connectivity index (χ3n) is 9.61. The fourth-order valence-corrected chi connectivity index (χ4v) is 8.80. The van der Waals surface area contributed by atoms with Gasteiger partial charge in [0.15, 0.2) is 0 Å². The van der Waals surface area contributed by atoms with Crippen LogP contribution in [0, 0.1) is 0 Å². The molecule has 2 nitrogen and oxygen atoms in total. The van der Waals surface area contributed by atoms with Crippen LogP contribution in [0.4, 0.5) is 17.1 Å². The Bertz CT molecular complexity index is 2430. The summed E-state index contributed by atoms with van der Waals surface area (Å²) in [5.41, 5.74) is 9.75. The fraction of sp³-hybridized carbons (Fsp3) is 0.0698. The molecule has 8 aromatic rings. The number of anilines is 3. The van der Waals surface area contributed by atoms with Gasteiger partial charge >= 0.3 is 0 Å². The third-order valence-corrected chi connectivity index (χ3v) is 10.7. The van der Waals surface area contributed by atoms with E-state index in [9.17, 15) is 0 Å². The molecule has 0 saturated carbocycles. The predicted octanol–water partition coefficient (Wildman–Crippen LogP) is 12.2. The first kappa shape index (κ1) is 27.1. The van der Waals surface area contributed by atoms with Crippen LogP contribution in [0.2, 0.25) is 0 Å². The Morgan fingerprint density at radius 1 is 0.500 bits per heavy atom. The molecule has 0 aliphatic carbocycles. The Balaban J connectivity index is 1.29. The number of fused-ring (bicyclic) bond motifs is 6. The smallest absolute Gasteiger partial charge is 0.0542 e. The highest BCUT2D eigenvalue weighted by Gasteiger charge is 2.33. The van der Waals surface area contributed by atoms with Gasteiger partial charge in [-0.15, -0.1) is 0 Å². The number of hydrogen-bond donors (Lipinski definition) is 0. The largest absolute Gasteiger partial charge is 0.310 e. The second-order valence-electron chi connectivity index (χ2n) is 12.6. The topological polar surface area (TPSA) is 8.17 Å². The Hall–Kier alpha value is -5.25. The Morgan fingerprint density at radius 2 is 1.15 bits per heavy atom. The van der Waals surface area contributed by atoms with Crippen molar-refractivity contribution in [2.24, 2.45) is 0 Å². The van der Waals surface area contributed by atoms with E-state index in [1.165, 1.54) is 64.9 Å². The minimum Gasteiger partial charge on any atom is -0.310 e. The van der Waals surface area contributed by atoms with Gasteiger partial charge in [-0.05, 0) is 77.2 Å². The lowest BCUT2D eigenvalue weighted by molar-refractivity contribution is 0.607. The normalized spacial score (nSPS) is 13.5. The summed E-state index contributed by atoms with van der Waals surface area (Å²) in [6, 6.07) is 57.7. The maximum atomic E-state index is 2.45. The molecule has 46 heavy (non-hydrogen) atoms. The van der Waals surface area contributed by atoms with Crippen molar-refractivity contribution in [2.45, 2.75) is 29.1 Å². The van der Waals surface area contributed by atoms with E-state index < -0.39 is 0 Å². The molecule has 0 saturated heterocycles. The number of nitrogens with zero attached hydrogens (tertiary/aromatic N) is 2. The Kier molecular flexibility index (Phi) is 6.13. The molecule has 0 spiro atoms. The van der Waals surface area contributed by atoms with Gasteiger partial charge in [0, 0.05) is 48.4 Å². The van der Waals surface area contributed by atoms with Gasteiger partial charge in [-0.3, -0.25) is 0 Å². The van der Waals surface area contributed by atoms with Crippen LogP contribution in [0.15, 0.2) is 168 Å². The maximum absolute atomic E-state index is 2.45. The summed E-state index contributed by atoms with van der Waals surface area (Å²) < 4.78 is 2.38. The van der Waals surface area contributed by atoms with Gasteiger partial charge in [-0.2, -0.15) is 0 Å². The molecule has 0 amide bonds. The fourth-order valence-electron chi connectivity index (χ4n) is 7.37. The molecule has 3 heteroatoms. The van der Waals surface area contributed by atoms with E-state index in [-0.39, 0.29) is 5.41 Å². The van der Waals surface area contributed by atoms with E-state index in [0.717, 1.165) is 11.4 Å². The molecule has 0 radical (unpaired) electrons. The lowest BCUT2D eigenvalue weighted by Crippen LogP contribution is -2.24. The molecular weight excluding hydrogens is 577 g/mol. The number of para-hydroxylation sites is 2. The zero-order valence-electron chi connectivity index (χ0n) is 25.8. The molecule has 1 aliphatic heterocycles. The number of aromatic nitrogens is 1. The van der Waals surface area contributed by atoms with Gasteiger partial charge in [0.25, 0.3) is 0 Å². The van der Waals surface area contributed by atoms with Crippen LogP contribution in [0.1, 0.15) is 25.0 Å². The van der Waals surface area contributed by atoms with Gasteiger partial charge in [-0.25, -0.2) is 0 Å². The highest BCUT2D eigenvalue weighted by molar-refractivity contribution is 7.99. The van der Waals surface area contributed by atoms with E-state index in [1.54, 1.807) is 0 Å². The molecule has 2 heterocycles. The van der Waals surface area contributed by atoms with E-state index >= 15 is 0 Å². The van der Waals surface area contributed by atoms with Crippen LogP contribution in [0.25, 0.3) is 38.3 Å². The van der Waals surface area contributed by atoms with E-state index in [0.29, 0.717) is 0 Å². The first-order valence-electron chi connectivity index (χ1n) is 15.9. The standard InChI is InChI=1S/C43H32N2S/c1-43(2)36-19-9-11-22-41(36)46-42-28-32(23-25-37(42)43)44(38-21-12-14-29-13-6-7-17-33(29)38)31-24-26-40-35(27-31)34-18-8-10-20-39(34)45(40)30-15-4-3-5-16-30/h3-28H,1-2H3. The van der Waals surface area contributed by atoms with Gasteiger partial charge in [0.1, 0.15) is 0 Å². The van der Waals surface area contributed by atoms with Crippen LogP contribution < -0.4 is 4.90 Å². The molecular formula is C43H32N2S. The van der Waals surface area contributed by atoms with E-state index in [4.69, 9.17) is 0 Å². The Labute approximate surface area is 273 Å². The molecule has 0 unspecified atom stereocenters. The average Bonchev–Trinajstić information content (AvgIpc) is 3.43. The molecule has 0 atom stereocenters. The summed E-state index contributed by atoms with van der Waals surface area (Å²) in [5.74, 6) is 0. The van der Waals surface area contributed by atoms with Crippen molar-refractivity contribution in [3.05, 3.63) is 169 Å². The lowest BCUT2D eigenvalue weighted by atomic mass is 9.77. The maximum Gasteiger partial charge on any atom is 0.0542 e. The van der Waals surface area contributed by atoms with Gasteiger partial charge in [0.05, 0.1) is 16.7 Å². The third kappa shape index (κ3) is 4.12. The van der Waals surface area contributed by atoms with Crippen molar-refractivity contribution < 1.29 is 0 Å². The van der Waals surface area contributed by atoms with Crippen molar-refractivity contribution in [1.82, 2.24) is 4.57 Å². The SMILES string of the molecule is CC1(C)c2ccccc2Sc2cc(N(c3ccc4c(c3)c3ccccc3n4-c3ccccc3)c3cccc4ccccc34)ccc21. The van der Waals surface area contributed by atoms with Gasteiger partial charge in [-0.1, -0.05) is 123 Å². The lowest BCUT2D eigenvalue weighted by Gasteiger charge is -2.36. The summed E-state index contributed by atoms with van der Waals surface area (Å²) in [6.07, 6.45) is 0. The van der Waals surface area contributed by atoms with Crippen molar-refractivity contribution in [3.8, 4) is 5.69 Å². The summed E-state index contributed by atoms with van der Waals surface area (Å²) in [4.78, 5) is 5.10. The van der Waals surface area contributed by atoms with Gasteiger partial charge in [0.2, 0.25) is 0 Å². The first-order valence-corrected chi connectivity index (χ1v) is 16.7. The molecule has 0 N–H and O–H groups in total. The average molecular weight is 609 g/mol. The van der Waals surface area contributed by atoms with Crippen LogP contribution in [-0.4, -0.2) is 4.57 Å². The van der Waals surface area contributed by atoms with Crippen LogP contribution in [0.5, 0.6) is 0 Å². The summed E-state index contributed by atoms with van der Waals surface area (Å²) in [5, 5.41) is 4.95. The van der Waals surface area contributed by atoms with Gasteiger partial charge < -0.3 is 9.47 Å². The van der Waals surface area contributed by atoms with Crippen molar-refractivity contribution in [2.75, 3.05) is 4.90 Å². The second-order valence-corrected chi connectivity index (χ2v) is 13.7. The molecule has 7 aromatic carbocycles. The van der Waals surface area contributed by atoms with E-state index in [1.807, 2.05) is 11.8 Å². The summed E-state index contributed by atoms with van der Waals surface area (Å²) >= 11 is 1.89. The quantitative estimate of drug-likeness (QED) is 0.196. The molecule has 0 bridgehead atoms. The minimum atomic E-state index is -0.0713. The Morgan fingerprint density at radius 3 is 2.04 bits per heavy atom. The first-order chi connectivity index (χ1) is 22.6. The highest BCUT2D eigenvalue weighted by Crippen LogP contribution is 2.51. The zero-order valence-corrected chi connectivity index (χ0v) is 26.6. The minimum absolute atomic E-state index is 0.0713. The predicted molar refractivity (Wildman–Crippen MR) is 196 cm³/mol. The summed E-state index contributed by atoms with van der Waals surface area (Å²) in [7, 11) is 0. The van der Waals surface area contributed by atoms with Crippen LogP contribution in [0.3, 0.4) is 0 Å². The van der Waals surface area contributed by atoms with Crippen molar-refractivity contribution >= 4 is 61.4 Å². The molecule has 1 aliphatic rings. The van der Waals surface area contributed by atoms with Crippen molar-refractivity contribution in [1.29, 1.82) is 0 Å². The number of hydrogen-bond acceptors (Lipinski definition) is 2. The molecule has 9 rings (SSSR count). The highest BCUT2D eigenvalue weighted by atomic mass is 32.2. The number of rotatable bonds is 4. The van der Waals surface area contributed by atoms with Crippen LogP contribution >= 0.6 is 11.8 Å². The molecule has 1 aromatic heterocycles. The molecule has 0 fully saturated rings. The molecule has 220 valence electrons. The van der Waals surface area contributed by atoms with Crippen LogP contribution in [-0.2, 0) is 5.41 Å². The summed E-state index contributed by atoms with van der Waals surface area (Å²) in [6.45, 7) is 4.70. The number of benzene rings is 7. The van der Waals surface area contributed by atoms with E-state index in [2.05, 4.69) is 181 Å².